The maximum Gasteiger partial charge on any atom is 0.371 e. The van der Waals surface area contributed by atoms with Crippen LogP contribution < -0.4 is 0 Å². The van der Waals surface area contributed by atoms with Gasteiger partial charge in [0.2, 0.25) is 5.76 Å². The van der Waals surface area contributed by atoms with Crippen LogP contribution in [0, 0.1) is 0 Å². The number of aliphatic hydroxyl groups is 1. The highest BCUT2D eigenvalue weighted by Gasteiger charge is 2.12. The van der Waals surface area contributed by atoms with E-state index in [0.29, 0.717) is 23.8 Å². The van der Waals surface area contributed by atoms with Crippen LogP contribution in [-0.4, -0.2) is 27.7 Å². The average molecular weight is 314 g/mol. The molecule has 2 N–H and O–H groups in total. The van der Waals surface area contributed by atoms with Gasteiger partial charge in [0, 0.05) is 18.1 Å². The number of furan rings is 1. The maximum absolute atomic E-state index is 11.7. The molecule has 1 aromatic heterocycles. The van der Waals surface area contributed by atoms with Crippen molar-refractivity contribution in [1.29, 1.82) is 0 Å². The lowest BCUT2D eigenvalue weighted by atomic mass is 10.1. The fourth-order valence-corrected chi connectivity index (χ4v) is 1.93. The Morgan fingerprint density at radius 1 is 1.09 bits per heavy atom. The zero-order chi connectivity index (χ0) is 17.0. The van der Waals surface area contributed by atoms with Crippen LogP contribution >= 0.6 is 0 Å². The zero-order valence-corrected chi connectivity index (χ0v) is 12.3. The number of aliphatic carboxylic acids is 1. The van der Waals surface area contributed by atoms with Gasteiger partial charge in [0.05, 0.1) is 5.56 Å². The molecule has 118 valence electrons. The molecule has 6 nitrogen and oxygen atoms in total. The first-order chi connectivity index (χ1) is 10.9. The molecule has 0 radical (unpaired) electrons. The third-order valence-electron chi connectivity index (χ3n) is 3.16. The molecule has 0 aliphatic heterocycles. The lowest BCUT2D eigenvalue weighted by Gasteiger charge is -1.99. The second kappa shape index (κ2) is 6.74. The van der Waals surface area contributed by atoms with Crippen LogP contribution in [0.25, 0.3) is 0 Å². The van der Waals surface area contributed by atoms with Crippen molar-refractivity contribution >= 4 is 17.5 Å². The fourth-order valence-electron chi connectivity index (χ4n) is 1.93. The Morgan fingerprint density at radius 3 is 2.30 bits per heavy atom. The number of hydrogen-bond acceptors (Lipinski definition) is 5. The third kappa shape index (κ3) is 4.16. The molecule has 23 heavy (non-hydrogen) atoms. The molecule has 0 unspecified atom stereocenters. The molecule has 0 spiro atoms. The first-order valence-corrected chi connectivity index (χ1v) is 6.72. The molecule has 0 amide bonds. The molecule has 0 fully saturated rings. The summed E-state index contributed by atoms with van der Waals surface area (Å²) in [5.74, 6) is -2.78. The van der Waals surface area contributed by atoms with E-state index in [9.17, 15) is 14.4 Å². The van der Waals surface area contributed by atoms with Crippen molar-refractivity contribution in [2.24, 2.45) is 0 Å². The van der Waals surface area contributed by atoms with E-state index in [0.717, 1.165) is 5.56 Å². The monoisotopic (exact) mass is 314 g/mol. The number of rotatable bonds is 6. The molecule has 0 aliphatic carbocycles. The molecule has 0 aliphatic rings. The highest BCUT2D eigenvalue weighted by Crippen LogP contribution is 2.15. The minimum atomic E-state index is -1.58. The normalized spacial score (nSPS) is 11.3. The average Bonchev–Trinajstić information content (AvgIpc) is 2.96. The van der Waals surface area contributed by atoms with Crippen LogP contribution in [0.2, 0.25) is 0 Å². The summed E-state index contributed by atoms with van der Waals surface area (Å²) in [7, 11) is 0. The minimum absolute atomic E-state index is 0.0209. The number of carboxylic acid groups (broad SMARTS) is 1. The van der Waals surface area contributed by atoms with E-state index in [4.69, 9.17) is 14.6 Å². The van der Waals surface area contributed by atoms with Crippen LogP contribution in [0.15, 0.2) is 52.8 Å². The molecular weight excluding hydrogens is 300 g/mol. The Morgan fingerprint density at radius 2 is 1.74 bits per heavy atom. The van der Waals surface area contributed by atoms with Gasteiger partial charge in [-0.2, -0.15) is 0 Å². The number of aliphatic hydroxyl groups excluding tert-OH is 1. The van der Waals surface area contributed by atoms with Crippen molar-refractivity contribution in [2.45, 2.75) is 13.3 Å². The van der Waals surface area contributed by atoms with E-state index in [1.807, 2.05) is 0 Å². The molecule has 0 atom stereocenters. The number of ketones is 2. The van der Waals surface area contributed by atoms with Gasteiger partial charge >= 0.3 is 5.97 Å². The minimum Gasteiger partial charge on any atom is -0.502 e. The second-order valence-electron chi connectivity index (χ2n) is 4.93. The quantitative estimate of drug-likeness (QED) is 0.482. The lowest BCUT2D eigenvalue weighted by molar-refractivity contribution is -0.135. The van der Waals surface area contributed by atoms with E-state index >= 15 is 0 Å². The molecule has 2 rings (SSSR count). The van der Waals surface area contributed by atoms with Crippen molar-refractivity contribution in [2.75, 3.05) is 0 Å². The van der Waals surface area contributed by atoms with Crippen molar-refractivity contribution < 1.29 is 29.0 Å². The number of carboxylic acids is 1. The predicted octanol–water partition coefficient (Wildman–Crippen LogP) is 2.78. The number of hydrogen-bond donors (Lipinski definition) is 2. The van der Waals surface area contributed by atoms with Crippen molar-refractivity contribution in [3.05, 3.63) is 70.9 Å². The summed E-state index contributed by atoms with van der Waals surface area (Å²) in [6.45, 7) is 1.49. The Hall–Kier alpha value is -3.15. The van der Waals surface area contributed by atoms with Crippen molar-refractivity contribution in [3.8, 4) is 0 Å². The maximum atomic E-state index is 11.7. The first kappa shape index (κ1) is 16.2. The Balaban J connectivity index is 2.10. The molecule has 0 bridgehead atoms. The molecule has 2 aromatic rings. The standard InChI is InChI=1S/C17H14O6/c1-10(18)12-4-2-11(3-5-12)6-14-7-13(9-23-14)15(19)8-16(20)17(21)22/h2-5,7-9,20H,6H2,1H3,(H,21,22). The van der Waals surface area contributed by atoms with E-state index in [-0.39, 0.29) is 11.3 Å². The van der Waals surface area contributed by atoms with Gasteiger partial charge in [0.25, 0.3) is 0 Å². The van der Waals surface area contributed by atoms with Crippen LogP contribution in [0.5, 0.6) is 0 Å². The van der Waals surface area contributed by atoms with Gasteiger partial charge in [-0.05, 0) is 18.6 Å². The molecule has 1 heterocycles. The SMILES string of the molecule is CC(=O)c1ccc(Cc2cc(C(=O)C=C(O)C(=O)O)co2)cc1. The number of carbonyl (C=O) groups is 3. The molecule has 0 saturated heterocycles. The van der Waals surface area contributed by atoms with Gasteiger partial charge in [-0.15, -0.1) is 0 Å². The van der Waals surface area contributed by atoms with Gasteiger partial charge in [-0.25, -0.2) is 4.79 Å². The van der Waals surface area contributed by atoms with Crippen LogP contribution in [0.4, 0.5) is 0 Å². The fraction of sp³-hybridized carbons (Fsp3) is 0.118. The summed E-state index contributed by atoms with van der Waals surface area (Å²) in [6, 6.07) is 8.47. The van der Waals surface area contributed by atoms with Gasteiger partial charge in [-0.3, -0.25) is 9.59 Å². The lowest BCUT2D eigenvalue weighted by Crippen LogP contribution is -2.03. The van der Waals surface area contributed by atoms with Gasteiger partial charge in [-0.1, -0.05) is 24.3 Å². The topological polar surface area (TPSA) is 105 Å². The molecular formula is C17H14O6. The van der Waals surface area contributed by atoms with Gasteiger partial charge in [0.15, 0.2) is 11.6 Å². The number of allylic oxidation sites excluding steroid dienone is 1. The largest absolute Gasteiger partial charge is 0.502 e. The summed E-state index contributed by atoms with van der Waals surface area (Å²) < 4.78 is 5.26. The third-order valence-corrected chi connectivity index (χ3v) is 3.16. The van der Waals surface area contributed by atoms with Crippen molar-refractivity contribution in [1.82, 2.24) is 0 Å². The summed E-state index contributed by atoms with van der Waals surface area (Å²) in [5.41, 5.74) is 1.65. The molecule has 6 heteroatoms. The van der Waals surface area contributed by atoms with Crippen molar-refractivity contribution in [3.63, 3.8) is 0 Å². The van der Waals surface area contributed by atoms with Crippen LogP contribution in [-0.2, 0) is 11.2 Å². The molecule has 0 saturated carbocycles. The molecule has 1 aromatic carbocycles. The smallest absolute Gasteiger partial charge is 0.371 e. The summed E-state index contributed by atoms with van der Waals surface area (Å²) in [6.07, 6.45) is 2.24. The predicted molar refractivity (Wildman–Crippen MR) is 80.6 cm³/mol. The summed E-state index contributed by atoms with van der Waals surface area (Å²) >= 11 is 0. The van der Waals surface area contributed by atoms with E-state index in [1.54, 1.807) is 24.3 Å². The Labute approximate surface area is 131 Å². The van der Waals surface area contributed by atoms with E-state index in [2.05, 4.69) is 0 Å². The van der Waals surface area contributed by atoms with Crippen LogP contribution in [0.3, 0.4) is 0 Å². The highest BCUT2D eigenvalue weighted by molar-refractivity contribution is 6.07. The van der Waals surface area contributed by atoms with Crippen LogP contribution in [0.1, 0.15) is 39.0 Å². The highest BCUT2D eigenvalue weighted by atomic mass is 16.4. The number of carbonyl (C=O) groups excluding carboxylic acids is 2. The second-order valence-corrected chi connectivity index (χ2v) is 4.93. The first-order valence-electron chi connectivity index (χ1n) is 6.72. The van der Waals surface area contributed by atoms with Gasteiger partial charge in [0.1, 0.15) is 12.0 Å². The van der Waals surface area contributed by atoms with E-state index < -0.39 is 17.5 Å². The number of Topliss-reactive ketones (excluding diaryl/α,β-unsaturated/α-hetero) is 1. The van der Waals surface area contributed by atoms with E-state index in [1.165, 1.54) is 19.3 Å². The zero-order valence-electron chi connectivity index (χ0n) is 12.3. The number of benzene rings is 1. The Bertz CT molecular complexity index is 780. The summed E-state index contributed by atoms with van der Waals surface area (Å²) in [4.78, 5) is 33.4. The van der Waals surface area contributed by atoms with Gasteiger partial charge < -0.3 is 14.6 Å². The summed E-state index contributed by atoms with van der Waals surface area (Å²) in [5, 5.41) is 17.6. The Kier molecular flexibility index (Phi) is 4.75.